The van der Waals surface area contributed by atoms with Gasteiger partial charge in [0, 0.05) is 25.4 Å². The Bertz CT molecular complexity index is 598. The summed E-state index contributed by atoms with van der Waals surface area (Å²) in [6.45, 7) is 4.85. The molecule has 1 unspecified atom stereocenters. The molecule has 0 bridgehead atoms. The van der Waals surface area contributed by atoms with Crippen molar-refractivity contribution in [3.63, 3.8) is 0 Å². The molecule has 3 N–H and O–H groups in total. The van der Waals surface area contributed by atoms with E-state index in [0.29, 0.717) is 11.4 Å². The van der Waals surface area contributed by atoms with Crippen molar-refractivity contribution >= 4 is 27.5 Å². The number of nitrogens with one attached hydrogen (secondary N) is 1. The third-order valence-corrected chi connectivity index (χ3v) is 4.58. The van der Waals surface area contributed by atoms with Crippen molar-refractivity contribution in [3.8, 4) is 0 Å². The van der Waals surface area contributed by atoms with Gasteiger partial charge < -0.3 is 0 Å². The maximum atomic E-state index is 6.19. The lowest BCUT2D eigenvalue weighted by atomic mass is 10.0. The van der Waals surface area contributed by atoms with Gasteiger partial charge in [0.1, 0.15) is 0 Å². The molecule has 0 saturated heterocycles. The zero-order valence-electron chi connectivity index (χ0n) is 11.4. The number of rotatable bonds is 5. The highest BCUT2D eigenvalue weighted by Crippen LogP contribution is 2.28. The molecule has 0 aliphatic rings. The summed E-state index contributed by atoms with van der Waals surface area (Å²) < 4.78 is 2.99. The predicted octanol–water partition coefficient (Wildman–Crippen LogP) is 2.77. The third kappa shape index (κ3) is 3.03. The Morgan fingerprint density at radius 1 is 1.55 bits per heavy atom. The lowest BCUT2D eigenvalue weighted by Gasteiger charge is -2.18. The molecule has 0 aromatic carbocycles. The number of hydrogen-bond acceptors (Lipinski definition) is 4. The molecule has 20 heavy (non-hydrogen) atoms. The number of hydrogen-bond donors (Lipinski definition) is 2. The average Bonchev–Trinajstić information content (AvgIpc) is 2.73. The minimum Gasteiger partial charge on any atom is -0.271 e. The molecule has 0 fully saturated rings. The molecular formula is C13H17BrClN5. The molecule has 108 valence electrons. The van der Waals surface area contributed by atoms with Gasteiger partial charge in [0.15, 0.2) is 0 Å². The van der Waals surface area contributed by atoms with Gasteiger partial charge in [0.2, 0.25) is 0 Å². The maximum absolute atomic E-state index is 6.19. The Morgan fingerprint density at radius 2 is 2.30 bits per heavy atom. The molecule has 2 aromatic rings. The van der Waals surface area contributed by atoms with Crippen LogP contribution in [0.1, 0.15) is 29.9 Å². The Morgan fingerprint density at radius 3 is 2.90 bits per heavy atom. The molecule has 0 spiro atoms. The van der Waals surface area contributed by atoms with Crippen LogP contribution in [-0.4, -0.2) is 14.8 Å². The number of pyridine rings is 1. The first-order valence-corrected chi connectivity index (χ1v) is 7.52. The Balaban J connectivity index is 2.34. The van der Waals surface area contributed by atoms with E-state index in [1.807, 2.05) is 17.7 Å². The first kappa shape index (κ1) is 15.4. The van der Waals surface area contributed by atoms with Crippen LogP contribution < -0.4 is 11.3 Å². The van der Waals surface area contributed by atoms with Gasteiger partial charge in [-0.1, -0.05) is 11.6 Å². The molecule has 0 saturated carbocycles. The highest BCUT2D eigenvalue weighted by Gasteiger charge is 2.19. The Hall–Kier alpha value is -0.950. The number of nitrogens with zero attached hydrogens (tertiary/aromatic N) is 3. The molecule has 2 rings (SSSR count). The van der Waals surface area contributed by atoms with E-state index in [9.17, 15) is 0 Å². The molecule has 0 amide bonds. The summed E-state index contributed by atoms with van der Waals surface area (Å²) in [5.74, 6) is 5.70. The average molecular weight is 359 g/mol. The van der Waals surface area contributed by atoms with E-state index in [0.717, 1.165) is 28.0 Å². The van der Waals surface area contributed by atoms with Crippen molar-refractivity contribution in [1.29, 1.82) is 0 Å². The second-order valence-electron chi connectivity index (χ2n) is 4.48. The highest BCUT2D eigenvalue weighted by molar-refractivity contribution is 9.10. The largest absolute Gasteiger partial charge is 0.271 e. The van der Waals surface area contributed by atoms with Gasteiger partial charge in [0.25, 0.3) is 0 Å². The van der Waals surface area contributed by atoms with E-state index in [2.05, 4.69) is 38.4 Å². The van der Waals surface area contributed by atoms with Gasteiger partial charge in [-0.15, -0.1) is 0 Å². The number of nitrogens with two attached hydrogens (primary N) is 1. The summed E-state index contributed by atoms with van der Waals surface area (Å²) in [6.07, 6.45) is 4.02. The quantitative estimate of drug-likeness (QED) is 0.637. The fourth-order valence-corrected chi connectivity index (χ4v) is 2.88. The number of aromatic nitrogens is 3. The molecule has 0 radical (unpaired) electrons. The van der Waals surface area contributed by atoms with Gasteiger partial charge in [-0.3, -0.25) is 20.9 Å². The first-order valence-electron chi connectivity index (χ1n) is 6.35. The normalized spacial score (nSPS) is 12.7. The van der Waals surface area contributed by atoms with Crippen LogP contribution in [0.5, 0.6) is 0 Å². The van der Waals surface area contributed by atoms with E-state index in [-0.39, 0.29) is 6.04 Å². The summed E-state index contributed by atoms with van der Waals surface area (Å²) in [7, 11) is 0. The van der Waals surface area contributed by atoms with Crippen molar-refractivity contribution in [1.82, 2.24) is 20.2 Å². The fourth-order valence-electron chi connectivity index (χ4n) is 2.18. The van der Waals surface area contributed by atoms with Crippen LogP contribution in [0.3, 0.4) is 0 Å². The van der Waals surface area contributed by atoms with Crippen LogP contribution in [0.25, 0.3) is 0 Å². The standard InChI is InChI=1S/C13H17BrClN5/c1-3-20-12(13(14)8(2)19-20)6-11(18-16)9-4-5-17-7-10(9)15/h4-5,7,11,18H,3,6,16H2,1-2H3. The number of halogens is 2. The summed E-state index contributed by atoms with van der Waals surface area (Å²) in [5, 5.41) is 5.09. The van der Waals surface area contributed by atoms with Crippen molar-refractivity contribution in [2.24, 2.45) is 5.84 Å². The summed E-state index contributed by atoms with van der Waals surface area (Å²) in [6, 6.07) is 1.78. The van der Waals surface area contributed by atoms with Crippen molar-refractivity contribution in [2.45, 2.75) is 32.9 Å². The van der Waals surface area contributed by atoms with Gasteiger partial charge in [-0.05, 0) is 41.4 Å². The van der Waals surface area contributed by atoms with Crippen molar-refractivity contribution in [3.05, 3.63) is 44.9 Å². The molecule has 0 aliphatic carbocycles. The van der Waals surface area contributed by atoms with Gasteiger partial charge in [0.05, 0.1) is 26.9 Å². The molecular weight excluding hydrogens is 342 g/mol. The summed E-state index contributed by atoms with van der Waals surface area (Å²) in [5.41, 5.74) is 5.82. The second kappa shape index (κ2) is 6.67. The predicted molar refractivity (Wildman–Crippen MR) is 83.4 cm³/mol. The molecule has 7 heteroatoms. The van der Waals surface area contributed by atoms with E-state index in [1.165, 1.54) is 0 Å². The fraction of sp³-hybridized carbons (Fsp3) is 0.385. The van der Waals surface area contributed by atoms with Crippen LogP contribution in [0.2, 0.25) is 5.02 Å². The molecule has 0 aliphatic heterocycles. The van der Waals surface area contributed by atoms with E-state index < -0.39 is 0 Å². The molecule has 2 heterocycles. The van der Waals surface area contributed by atoms with Crippen molar-refractivity contribution < 1.29 is 0 Å². The lowest BCUT2D eigenvalue weighted by Crippen LogP contribution is -2.30. The SMILES string of the molecule is CCn1nc(C)c(Br)c1CC(NN)c1ccncc1Cl. The summed E-state index contributed by atoms with van der Waals surface area (Å²) >= 11 is 9.78. The van der Waals surface area contributed by atoms with Crippen molar-refractivity contribution in [2.75, 3.05) is 0 Å². The topological polar surface area (TPSA) is 68.8 Å². The first-order chi connectivity index (χ1) is 9.58. The zero-order chi connectivity index (χ0) is 14.7. The zero-order valence-corrected chi connectivity index (χ0v) is 13.7. The summed E-state index contributed by atoms with van der Waals surface area (Å²) in [4.78, 5) is 4.00. The van der Waals surface area contributed by atoms with Crippen LogP contribution >= 0.6 is 27.5 Å². The molecule has 2 aromatic heterocycles. The Kier molecular flexibility index (Phi) is 5.15. The molecule has 1 atom stereocenters. The molecule has 5 nitrogen and oxygen atoms in total. The lowest BCUT2D eigenvalue weighted by molar-refractivity contribution is 0.515. The van der Waals surface area contributed by atoms with E-state index in [1.54, 1.807) is 12.4 Å². The maximum Gasteiger partial charge on any atom is 0.0738 e. The number of hydrazine groups is 1. The third-order valence-electron chi connectivity index (χ3n) is 3.23. The Labute approximate surface area is 131 Å². The minimum atomic E-state index is -0.0943. The van der Waals surface area contributed by atoms with E-state index >= 15 is 0 Å². The van der Waals surface area contributed by atoms with Crippen LogP contribution in [0, 0.1) is 6.92 Å². The van der Waals surface area contributed by atoms with Gasteiger partial charge in [-0.25, -0.2) is 0 Å². The minimum absolute atomic E-state index is 0.0943. The second-order valence-corrected chi connectivity index (χ2v) is 5.68. The van der Waals surface area contributed by atoms with E-state index in [4.69, 9.17) is 17.4 Å². The van der Waals surface area contributed by atoms with Gasteiger partial charge >= 0.3 is 0 Å². The highest BCUT2D eigenvalue weighted by atomic mass is 79.9. The smallest absolute Gasteiger partial charge is 0.0738 e. The van der Waals surface area contributed by atoms with Crippen LogP contribution in [0.15, 0.2) is 22.9 Å². The monoisotopic (exact) mass is 357 g/mol. The van der Waals surface area contributed by atoms with Crippen LogP contribution in [0.4, 0.5) is 0 Å². The van der Waals surface area contributed by atoms with Gasteiger partial charge in [-0.2, -0.15) is 5.10 Å². The van der Waals surface area contributed by atoms with Crippen LogP contribution in [-0.2, 0) is 13.0 Å². The number of aryl methyl sites for hydroxylation is 2.